The summed E-state index contributed by atoms with van der Waals surface area (Å²) in [5, 5.41) is 6.10. The maximum Gasteiger partial charge on any atom is 0.192 e. The van der Waals surface area contributed by atoms with Crippen LogP contribution < -0.4 is 0 Å². The van der Waals surface area contributed by atoms with Crippen molar-refractivity contribution in [2.75, 3.05) is 0 Å². The molecule has 0 N–H and O–H groups in total. The molecule has 0 bridgehead atoms. The highest BCUT2D eigenvalue weighted by atomic mass is 32.2. The van der Waals surface area contributed by atoms with E-state index in [9.17, 15) is 0 Å². The van der Waals surface area contributed by atoms with Gasteiger partial charge < -0.3 is 0 Å². The Morgan fingerprint density at radius 3 is 3.09 bits per heavy atom. The van der Waals surface area contributed by atoms with Crippen LogP contribution in [0, 0.1) is 0 Å². The van der Waals surface area contributed by atoms with Crippen molar-refractivity contribution in [2.45, 2.75) is 5.50 Å². The molecule has 0 radical (unpaired) electrons. The van der Waals surface area contributed by atoms with Gasteiger partial charge in [0.2, 0.25) is 0 Å². The molecule has 0 fully saturated rings. The Morgan fingerprint density at radius 1 is 1.45 bits per heavy atom. The summed E-state index contributed by atoms with van der Waals surface area (Å²) in [7, 11) is 0. The number of allylic oxidation sites excluding steroid dienone is 1. The third-order valence-corrected chi connectivity index (χ3v) is 2.23. The fraction of sp³-hybridized carbons (Fsp3) is 0.143. The van der Waals surface area contributed by atoms with Crippen LogP contribution in [0.3, 0.4) is 0 Å². The Bertz CT molecular complexity index is 276. The predicted octanol–water partition coefficient (Wildman–Crippen LogP) is 1.67. The molecule has 1 aromatic rings. The summed E-state index contributed by atoms with van der Waals surface area (Å²) < 4.78 is 1.82. The van der Waals surface area contributed by atoms with E-state index in [4.69, 9.17) is 0 Å². The summed E-state index contributed by atoms with van der Waals surface area (Å²) in [6, 6.07) is 1.90. The lowest BCUT2D eigenvalue weighted by atomic mass is 10.7. The Kier molecular flexibility index (Phi) is 1.77. The lowest BCUT2D eigenvalue weighted by Crippen LogP contribution is -2.03. The zero-order valence-electron chi connectivity index (χ0n) is 5.79. The largest absolute Gasteiger partial charge is 0.256 e. The molecule has 1 aromatic heterocycles. The van der Waals surface area contributed by atoms with Crippen molar-refractivity contribution in [3.8, 4) is 0 Å². The molecule has 0 aromatic carbocycles. The van der Waals surface area contributed by atoms with Gasteiger partial charge in [0.15, 0.2) is 5.50 Å². The van der Waals surface area contributed by atoms with E-state index >= 15 is 0 Å². The van der Waals surface area contributed by atoms with Crippen molar-refractivity contribution < 1.29 is 0 Å². The number of hydrogen-bond donors (Lipinski definition) is 0. The van der Waals surface area contributed by atoms with Gasteiger partial charge >= 0.3 is 0 Å². The molecule has 0 spiro atoms. The molecule has 56 valence electrons. The molecule has 4 heteroatoms. The number of nitrogens with zero attached hydrogens (tertiary/aromatic N) is 3. The Labute approximate surface area is 68.8 Å². The van der Waals surface area contributed by atoms with Crippen molar-refractivity contribution in [1.29, 1.82) is 0 Å². The fourth-order valence-electron chi connectivity index (χ4n) is 0.851. The van der Waals surface area contributed by atoms with Gasteiger partial charge in [0, 0.05) is 18.6 Å². The lowest BCUT2D eigenvalue weighted by Gasteiger charge is -2.11. The number of hydrogen-bond acceptors (Lipinski definition) is 3. The Balaban J connectivity index is 2.19. The van der Waals surface area contributed by atoms with Gasteiger partial charge in [-0.25, -0.2) is 4.68 Å². The van der Waals surface area contributed by atoms with Crippen LogP contribution in [0.15, 0.2) is 34.9 Å². The average molecular weight is 165 g/mol. The smallest absolute Gasteiger partial charge is 0.192 e. The van der Waals surface area contributed by atoms with Gasteiger partial charge in [-0.15, -0.1) is 0 Å². The maximum atomic E-state index is 4.22. The molecule has 0 saturated heterocycles. The summed E-state index contributed by atoms with van der Waals surface area (Å²) in [5.41, 5.74) is 0.0926. The summed E-state index contributed by atoms with van der Waals surface area (Å²) in [4.78, 5) is 4.22. The van der Waals surface area contributed by atoms with E-state index in [1.807, 2.05) is 28.4 Å². The first-order chi connectivity index (χ1) is 5.47. The normalized spacial score (nSPS) is 22.4. The average Bonchev–Trinajstić information content (AvgIpc) is 2.58. The quantitative estimate of drug-likeness (QED) is 0.633. The molecule has 1 atom stereocenters. The molecular weight excluding hydrogens is 158 g/mol. The van der Waals surface area contributed by atoms with Crippen molar-refractivity contribution in [2.24, 2.45) is 4.99 Å². The molecule has 1 aliphatic heterocycles. The number of aliphatic imine (C=N–C) groups is 1. The highest BCUT2D eigenvalue weighted by Gasteiger charge is 2.07. The molecular formula is C7H7N3S. The molecule has 3 nitrogen and oxygen atoms in total. The van der Waals surface area contributed by atoms with Gasteiger partial charge in [-0.05, 0) is 17.6 Å². The van der Waals surface area contributed by atoms with Crippen LogP contribution in [0.4, 0.5) is 0 Å². The molecule has 0 saturated carbocycles. The maximum absolute atomic E-state index is 4.22. The number of rotatable bonds is 1. The van der Waals surface area contributed by atoms with Crippen LogP contribution in [0.25, 0.3) is 0 Å². The van der Waals surface area contributed by atoms with E-state index in [-0.39, 0.29) is 5.50 Å². The van der Waals surface area contributed by atoms with Crippen molar-refractivity contribution in [3.05, 3.63) is 29.9 Å². The van der Waals surface area contributed by atoms with Crippen LogP contribution in [-0.2, 0) is 0 Å². The number of aromatic nitrogens is 2. The van der Waals surface area contributed by atoms with Crippen LogP contribution in [-0.4, -0.2) is 16.0 Å². The second-order valence-electron chi connectivity index (χ2n) is 2.08. The van der Waals surface area contributed by atoms with Crippen molar-refractivity contribution in [1.82, 2.24) is 9.78 Å². The lowest BCUT2D eigenvalue weighted by molar-refractivity contribution is 0.626. The first-order valence-corrected chi connectivity index (χ1v) is 4.24. The van der Waals surface area contributed by atoms with Crippen LogP contribution >= 0.6 is 11.8 Å². The first-order valence-electron chi connectivity index (χ1n) is 3.30. The third kappa shape index (κ3) is 1.35. The van der Waals surface area contributed by atoms with Crippen molar-refractivity contribution >= 4 is 18.0 Å². The van der Waals surface area contributed by atoms with E-state index in [2.05, 4.69) is 10.1 Å². The minimum absolute atomic E-state index is 0.0926. The molecule has 1 unspecified atom stereocenters. The van der Waals surface area contributed by atoms with E-state index in [1.54, 1.807) is 24.2 Å². The van der Waals surface area contributed by atoms with Crippen molar-refractivity contribution in [3.63, 3.8) is 0 Å². The van der Waals surface area contributed by atoms with Crippen LogP contribution in [0.5, 0.6) is 0 Å². The van der Waals surface area contributed by atoms with Gasteiger partial charge in [-0.1, -0.05) is 11.8 Å². The van der Waals surface area contributed by atoms with E-state index < -0.39 is 0 Å². The SMILES string of the molecule is C1=CSC(n2cccn2)N=C1. The molecule has 0 amide bonds. The zero-order chi connectivity index (χ0) is 7.52. The summed E-state index contributed by atoms with van der Waals surface area (Å²) >= 11 is 1.64. The Hall–Kier alpha value is -1.03. The van der Waals surface area contributed by atoms with Gasteiger partial charge in [-0.2, -0.15) is 5.10 Å². The van der Waals surface area contributed by atoms with Gasteiger partial charge in [0.25, 0.3) is 0 Å². The standard InChI is InChI=1S/C7H7N3S/c1-4-9-10(5-1)7-8-3-2-6-11-7/h1-7H. The summed E-state index contributed by atoms with van der Waals surface area (Å²) in [6.07, 6.45) is 7.38. The monoisotopic (exact) mass is 165 g/mol. The zero-order valence-corrected chi connectivity index (χ0v) is 6.61. The highest BCUT2D eigenvalue weighted by Crippen LogP contribution is 2.25. The second-order valence-corrected chi connectivity index (χ2v) is 3.04. The fourth-order valence-corrected chi connectivity index (χ4v) is 1.54. The minimum atomic E-state index is 0.0926. The number of thioether (sulfide) groups is 1. The third-order valence-electron chi connectivity index (χ3n) is 1.33. The highest BCUT2D eigenvalue weighted by molar-refractivity contribution is 8.02. The molecule has 1 aliphatic rings. The van der Waals surface area contributed by atoms with Gasteiger partial charge in [0.05, 0.1) is 0 Å². The second kappa shape index (κ2) is 2.92. The molecule has 0 aliphatic carbocycles. The molecule has 2 heterocycles. The first kappa shape index (κ1) is 6.67. The van der Waals surface area contributed by atoms with E-state index in [0.717, 1.165) is 0 Å². The molecule has 2 rings (SSSR count). The minimum Gasteiger partial charge on any atom is -0.256 e. The van der Waals surface area contributed by atoms with Gasteiger partial charge in [0.1, 0.15) is 0 Å². The molecule has 11 heavy (non-hydrogen) atoms. The summed E-state index contributed by atoms with van der Waals surface area (Å²) in [6.45, 7) is 0. The van der Waals surface area contributed by atoms with E-state index in [1.165, 1.54) is 0 Å². The predicted molar refractivity (Wildman–Crippen MR) is 46.5 cm³/mol. The van der Waals surface area contributed by atoms with Crippen LogP contribution in [0.1, 0.15) is 5.50 Å². The Morgan fingerprint density at radius 2 is 2.45 bits per heavy atom. The van der Waals surface area contributed by atoms with E-state index in [0.29, 0.717) is 0 Å². The summed E-state index contributed by atoms with van der Waals surface area (Å²) in [5.74, 6) is 0. The van der Waals surface area contributed by atoms with Crippen LogP contribution in [0.2, 0.25) is 0 Å². The topological polar surface area (TPSA) is 30.2 Å². The van der Waals surface area contributed by atoms with Gasteiger partial charge in [-0.3, -0.25) is 4.99 Å².